The quantitative estimate of drug-likeness (QED) is 0.318. The first-order chi connectivity index (χ1) is 15.2. The Morgan fingerprint density at radius 1 is 0.656 bits per heavy atom. The Hall–Kier alpha value is -2.28. The molecule has 0 aliphatic carbocycles. The second-order valence-electron chi connectivity index (χ2n) is 9.87. The molecule has 5 heteroatoms. The molecule has 3 rings (SSSR count). The fourth-order valence-corrected chi connectivity index (χ4v) is 5.33. The molecule has 32 heavy (non-hydrogen) atoms. The zero-order valence-electron chi connectivity index (χ0n) is 20.8. The second-order valence-corrected chi connectivity index (χ2v) is 10.8. The SMILES string of the molecule is CC(C)c1cccc(C(C)C)c1N1C=CN(c2c(C(C)C)cccc2C(C)C)B1P=C=O. The third-order valence-electron chi connectivity index (χ3n) is 6.25. The Morgan fingerprint density at radius 2 is 0.969 bits per heavy atom. The first-order valence-electron chi connectivity index (χ1n) is 11.8. The highest BCUT2D eigenvalue weighted by Crippen LogP contribution is 2.43. The van der Waals surface area contributed by atoms with E-state index in [1.807, 2.05) is 0 Å². The van der Waals surface area contributed by atoms with Crippen molar-refractivity contribution in [3.63, 3.8) is 0 Å². The minimum atomic E-state index is -0.151. The topological polar surface area (TPSA) is 23.6 Å². The van der Waals surface area contributed by atoms with Crippen LogP contribution in [0.15, 0.2) is 48.8 Å². The van der Waals surface area contributed by atoms with Crippen LogP contribution < -0.4 is 9.62 Å². The van der Waals surface area contributed by atoms with Gasteiger partial charge in [-0.3, -0.25) is 0 Å². The van der Waals surface area contributed by atoms with Gasteiger partial charge in [0.15, 0.2) is 0 Å². The van der Waals surface area contributed by atoms with Crippen molar-refractivity contribution in [2.24, 2.45) is 0 Å². The minimum absolute atomic E-state index is 0.151. The maximum atomic E-state index is 11.8. The van der Waals surface area contributed by atoms with Crippen molar-refractivity contribution in [3.05, 3.63) is 71.1 Å². The summed E-state index contributed by atoms with van der Waals surface area (Å²) in [6.45, 7) is 17.8. The van der Waals surface area contributed by atoms with Crippen molar-refractivity contribution in [2.75, 3.05) is 9.62 Å². The van der Waals surface area contributed by atoms with E-state index in [0.717, 1.165) is 0 Å². The summed E-state index contributed by atoms with van der Waals surface area (Å²) in [6.07, 6.45) is 4.31. The molecule has 0 fully saturated rings. The lowest BCUT2D eigenvalue weighted by Crippen LogP contribution is -2.41. The van der Waals surface area contributed by atoms with Crippen molar-refractivity contribution in [1.29, 1.82) is 0 Å². The summed E-state index contributed by atoms with van der Waals surface area (Å²) in [5, 5.41) is 0. The van der Waals surface area contributed by atoms with Gasteiger partial charge in [0.05, 0.1) is 0 Å². The van der Waals surface area contributed by atoms with Gasteiger partial charge in [-0.05, 0) is 45.9 Å². The predicted octanol–water partition coefficient (Wildman–Crippen LogP) is 7.98. The lowest BCUT2D eigenvalue weighted by molar-refractivity contribution is 0.572. The van der Waals surface area contributed by atoms with Crippen LogP contribution >= 0.6 is 8.08 Å². The summed E-state index contributed by atoms with van der Waals surface area (Å²) in [5.41, 5.74) is 9.93. The maximum absolute atomic E-state index is 11.8. The van der Waals surface area contributed by atoms with Crippen LogP contribution in [0.3, 0.4) is 0 Å². The number of hydrogen-bond acceptors (Lipinski definition) is 3. The van der Waals surface area contributed by atoms with Gasteiger partial charge >= 0.3 is 6.70 Å². The van der Waals surface area contributed by atoms with E-state index in [-0.39, 0.29) is 6.70 Å². The van der Waals surface area contributed by atoms with Crippen LogP contribution in [0.25, 0.3) is 0 Å². The van der Waals surface area contributed by atoms with Crippen LogP contribution in [0.4, 0.5) is 11.4 Å². The van der Waals surface area contributed by atoms with Gasteiger partial charge in [0, 0.05) is 31.9 Å². The molecule has 0 saturated heterocycles. The van der Waals surface area contributed by atoms with Gasteiger partial charge in [-0.2, -0.15) is 0 Å². The van der Waals surface area contributed by atoms with E-state index in [2.05, 4.69) is 119 Å². The molecule has 0 amide bonds. The average Bonchev–Trinajstić information content (AvgIpc) is 3.15. The maximum Gasteiger partial charge on any atom is 0.456 e. The molecular weight excluding hydrogens is 410 g/mol. The van der Waals surface area contributed by atoms with E-state index in [1.54, 1.807) is 0 Å². The molecule has 0 saturated carbocycles. The van der Waals surface area contributed by atoms with Crippen LogP contribution in [0.2, 0.25) is 0 Å². The van der Waals surface area contributed by atoms with Gasteiger partial charge in [-0.15, -0.1) is 0 Å². The van der Waals surface area contributed by atoms with Gasteiger partial charge in [0.25, 0.3) is 0 Å². The van der Waals surface area contributed by atoms with Gasteiger partial charge in [-0.25, -0.2) is 4.79 Å². The number of anilines is 2. The molecule has 0 N–H and O–H groups in total. The lowest BCUT2D eigenvalue weighted by atomic mass is 9.87. The summed E-state index contributed by atoms with van der Waals surface area (Å²) in [5.74, 6) is 1.55. The van der Waals surface area contributed by atoms with Crippen molar-refractivity contribution in [1.82, 2.24) is 0 Å². The fourth-order valence-electron chi connectivity index (χ4n) is 4.60. The van der Waals surface area contributed by atoms with Crippen LogP contribution in [0.1, 0.15) is 101 Å². The molecule has 1 aliphatic rings. The first-order valence-corrected chi connectivity index (χ1v) is 12.7. The normalized spacial score (nSPS) is 14.1. The van der Waals surface area contributed by atoms with Gasteiger partial charge in [0.1, 0.15) is 5.66 Å². The zero-order valence-corrected chi connectivity index (χ0v) is 21.6. The van der Waals surface area contributed by atoms with Crippen molar-refractivity contribution < 1.29 is 4.79 Å². The van der Waals surface area contributed by atoms with Gasteiger partial charge < -0.3 is 9.62 Å². The zero-order chi connectivity index (χ0) is 23.6. The highest BCUT2D eigenvalue weighted by molar-refractivity contribution is 7.76. The molecule has 2 aromatic carbocycles. The number of nitrogens with zero attached hydrogens (tertiary/aromatic N) is 2. The van der Waals surface area contributed by atoms with E-state index < -0.39 is 0 Å². The lowest BCUT2D eigenvalue weighted by Gasteiger charge is -2.33. The van der Waals surface area contributed by atoms with Crippen molar-refractivity contribution in [3.8, 4) is 0 Å². The number of carbonyl (C=O) groups excluding carboxylic acids is 1. The number of hydrogen-bond donors (Lipinski definition) is 0. The second kappa shape index (κ2) is 10.1. The van der Waals surface area contributed by atoms with Crippen LogP contribution in [-0.4, -0.2) is 12.4 Å². The van der Waals surface area contributed by atoms with Crippen LogP contribution in [-0.2, 0) is 4.79 Å². The average molecular weight is 446 g/mol. The smallest absolute Gasteiger partial charge is 0.362 e. The third-order valence-corrected chi connectivity index (χ3v) is 7.09. The minimum Gasteiger partial charge on any atom is -0.362 e. The number of para-hydroxylation sites is 2. The molecule has 0 unspecified atom stereocenters. The molecule has 2 aromatic rings. The molecule has 0 atom stereocenters. The Kier molecular flexibility index (Phi) is 7.70. The van der Waals surface area contributed by atoms with Gasteiger partial charge in [-0.1, -0.05) is 91.8 Å². The highest BCUT2D eigenvalue weighted by atomic mass is 31.1. The molecule has 0 spiro atoms. The summed E-state index contributed by atoms with van der Waals surface area (Å²) < 4.78 is 0. The van der Waals surface area contributed by atoms with Crippen molar-refractivity contribution >= 4 is 31.8 Å². The predicted molar refractivity (Wildman–Crippen MR) is 142 cm³/mol. The van der Waals surface area contributed by atoms with E-state index in [0.29, 0.717) is 31.8 Å². The monoisotopic (exact) mass is 446 g/mol. The van der Waals surface area contributed by atoms with Crippen LogP contribution in [0, 0.1) is 0 Å². The van der Waals surface area contributed by atoms with Gasteiger partial charge in [0.2, 0.25) is 0 Å². The summed E-state index contributed by atoms with van der Waals surface area (Å²) >= 11 is 0. The molecule has 1 aliphatic heterocycles. The Balaban J connectivity index is 2.23. The molecule has 0 radical (unpaired) electrons. The summed E-state index contributed by atoms with van der Waals surface area (Å²) in [7, 11) is 0.617. The number of benzene rings is 2. The third kappa shape index (κ3) is 4.58. The van der Waals surface area contributed by atoms with E-state index >= 15 is 0 Å². The summed E-state index contributed by atoms with van der Waals surface area (Å²) in [6, 6.07) is 13.2. The Labute approximate surface area is 196 Å². The molecule has 0 bridgehead atoms. The van der Waals surface area contributed by atoms with Crippen molar-refractivity contribution in [2.45, 2.75) is 79.1 Å². The Morgan fingerprint density at radius 3 is 1.22 bits per heavy atom. The standard InChI is InChI=1S/C27H36BN2OP/c1-18(2)22-11-9-12-23(19(3)4)26(22)29-15-16-30(28(29)32-17-31)27-24(20(5)6)13-10-14-25(27)21(7)8/h9-16,18-21H,1-8H3. The molecular formula is C27H36BN2OP. The Bertz CT molecular complexity index is 912. The summed E-state index contributed by atoms with van der Waals surface area (Å²) in [4.78, 5) is 16.4. The van der Waals surface area contributed by atoms with Crippen LogP contribution in [0.5, 0.6) is 0 Å². The van der Waals surface area contributed by atoms with E-state index in [9.17, 15) is 4.79 Å². The van der Waals surface area contributed by atoms with E-state index in [1.165, 1.54) is 33.6 Å². The highest BCUT2D eigenvalue weighted by Gasteiger charge is 2.38. The molecule has 3 nitrogen and oxygen atoms in total. The largest absolute Gasteiger partial charge is 0.456 e. The molecule has 1 heterocycles. The molecule has 0 aromatic heterocycles. The number of rotatable bonds is 7. The molecule has 168 valence electrons. The van der Waals surface area contributed by atoms with E-state index in [4.69, 9.17) is 0 Å². The first kappa shape index (κ1) is 24.4. The fraction of sp³-hybridized carbons (Fsp3) is 0.444.